The van der Waals surface area contributed by atoms with Gasteiger partial charge in [-0.15, -0.1) is 0 Å². The summed E-state index contributed by atoms with van der Waals surface area (Å²) in [4.78, 5) is 3.17. The lowest BCUT2D eigenvalue weighted by molar-refractivity contribution is -0.702. The van der Waals surface area contributed by atoms with Gasteiger partial charge < -0.3 is 17.3 Å². The van der Waals surface area contributed by atoms with E-state index in [2.05, 4.69) is 29.6 Å². The molecule has 1 aromatic heterocycles. The number of hydrogen-bond donors (Lipinski definition) is 1. The van der Waals surface area contributed by atoms with E-state index in [0.29, 0.717) is 0 Å². The zero-order valence-electron chi connectivity index (χ0n) is 10.2. The van der Waals surface area contributed by atoms with E-state index >= 15 is 0 Å². The van der Waals surface area contributed by atoms with Crippen molar-refractivity contribution in [1.82, 2.24) is 4.98 Å². The molecule has 0 spiro atoms. The highest BCUT2D eigenvalue weighted by Gasteiger charge is 2.20. The molecule has 2 nitrogen and oxygen atoms in total. The van der Waals surface area contributed by atoms with Crippen molar-refractivity contribution in [3.8, 4) is 0 Å². The maximum Gasteiger partial charge on any atom is 0.673 e. The van der Waals surface area contributed by atoms with E-state index in [1.807, 2.05) is 6.20 Å². The van der Waals surface area contributed by atoms with Crippen molar-refractivity contribution in [3.05, 3.63) is 18.2 Å². The summed E-state index contributed by atoms with van der Waals surface area (Å²) in [5.41, 5.74) is 0. The molecule has 0 saturated carbocycles. The standard InChI is InChI=1S/C10H18N2.BF4/c1-3-4-5-6-8-12-9-7-11-10(12)2;2-1(3,4)5/h7,9H,3-6,8H2,1-2H3;/q;-1/p+1. The Kier molecular flexibility index (Phi) is 7.66. The third-order valence-electron chi connectivity index (χ3n) is 2.23. The molecule has 100 valence electrons. The van der Waals surface area contributed by atoms with Crippen molar-refractivity contribution in [3.63, 3.8) is 0 Å². The molecule has 0 amide bonds. The minimum absolute atomic E-state index is 1.16. The van der Waals surface area contributed by atoms with Crippen LogP contribution in [0.15, 0.2) is 12.4 Å². The number of H-pyrrole nitrogens is 1. The second-order valence-electron chi connectivity index (χ2n) is 3.79. The van der Waals surface area contributed by atoms with E-state index in [9.17, 15) is 17.3 Å². The predicted molar refractivity (Wildman–Crippen MR) is 60.1 cm³/mol. The fourth-order valence-electron chi connectivity index (χ4n) is 1.39. The number of aryl methyl sites for hydroxylation is 2. The lowest BCUT2D eigenvalue weighted by atomic mass is 10.2. The summed E-state index contributed by atoms with van der Waals surface area (Å²) in [6.45, 7) is 5.52. The summed E-state index contributed by atoms with van der Waals surface area (Å²) in [7, 11) is -6.00. The highest BCUT2D eigenvalue weighted by atomic mass is 19.5. The minimum Gasteiger partial charge on any atom is -0.418 e. The molecule has 0 aliphatic carbocycles. The maximum atomic E-state index is 9.75. The third kappa shape index (κ3) is 11.3. The number of aromatic amines is 1. The molecule has 1 aromatic rings. The second-order valence-corrected chi connectivity index (χ2v) is 3.79. The molecule has 1 heterocycles. The molecular weight excluding hydrogens is 235 g/mol. The summed E-state index contributed by atoms with van der Waals surface area (Å²) in [5, 5.41) is 0. The van der Waals surface area contributed by atoms with Gasteiger partial charge in [-0.2, -0.15) is 0 Å². The molecule has 0 aliphatic heterocycles. The van der Waals surface area contributed by atoms with Crippen molar-refractivity contribution >= 4 is 7.25 Å². The lowest BCUT2D eigenvalue weighted by Gasteiger charge is -1.97. The number of imidazole rings is 1. The van der Waals surface area contributed by atoms with Crippen LogP contribution in [0.3, 0.4) is 0 Å². The summed E-state index contributed by atoms with van der Waals surface area (Å²) in [6, 6.07) is 0. The molecule has 0 fully saturated rings. The monoisotopic (exact) mass is 254 g/mol. The highest BCUT2D eigenvalue weighted by molar-refractivity contribution is 6.50. The van der Waals surface area contributed by atoms with Crippen molar-refractivity contribution < 1.29 is 21.8 Å². The number of nitrogens with one attached hydrogen (secondary N) is 1. The Hall–Kier alpha value is -1.01. The lowest BCUT2D eigenvalue weighted by Crippen LogP contribution is -2.34. The summed E-state index contributed by atoms with van der Waals surface area (Å²) >= 11 is 0. The first-order chi connectivity index (χ1) is 7.84. The van der Waals surface area contributed by atoms with Gasteiger partial charge in [0.1, 0.15) is 12.4 Å². The molecule has 7 heteroatoms. The zero-order chi connectivity index (χ0) is 13.3. The number of unbranched alkanes of at least 4 members (excludes halogenated alkanes) is 3. The van der Waals surface area contributed by atoms with Crippen molar-refractivity contribution in [1.29, 1.82) is 0 Å². The summed E-state index contributed by atoms with van der Waals surface area (Å²) in [6.07, 6.45) is 9.45. The summed E-state index contributed by atoms with van der Waals surface area (Å²) < 4.78 is 41.3. The van der Waals surface area contributed by atoms with Gasteiger partial charge in [0.2, 0.25) is 0 Å². The first kappa shape index (κ1) is 16.0. The van der Waals surface area contributed by atoms with Crippen LogP contribution in [0.4, 0.5) is 17.3 Å². The van der Waals surface area contributed by atoms with Crippen LogP contribution in [0, 0.1) is 6.92 Å². The Morgan fingerprint density at radius 1 is 1.18 bits per heavy atom. The molecule has 1 N–H and O–H groups in total. The van der Waals surface area contributed by atoms with Crippen LogP contribution in [0.25, 0.3) is 0 Å². The molecule has 0 saturated heterocycles. The van der Waals surface area contributed by atoms with E-state index < -0.39 is 7.25 Å². The van der Waals surface area contributed by atoms with Crippen LogP contribution < -0.4 is 4.57 Å². The molecule has 0 unspecified atom stereocenters. The van der Waals surface area contributed by atoms with Crippen LogP contribution in [-0.2, 0) is 6.54 Å². The first-order valence-electron chi connectivity index (χ1n) is 5.75. The topological polar surface area (TPSA) is 19.7 Å². The van der Waals surface area contributed by atoms with E-state index in [0.717, 1.165) is 6.54 Å². The largest absolute Gasteiger partial charge is 0.673 e. The number of hydrogen-bond acceptors (Lipinski definition) is 0. The average Bonchev–Trinajstić information content (AvgIpc) is 2.57. The molecule has 17 heavy (non-hydrogen) atoms. The minimum atomic E-state index is -6.00. The summed E-state index contributed by atoms with van der Waals surface area (Å²) in [5.74, 6) is 1.26. The van der Waals surface area contributed by atoms with Crippen molar-refractivity contribution in [2.24, 2.45) is 0 Å². The maximum absolute atomic E-state index is 9.75. The van der Waals surface area contributed by atoms with Crippen LogP contribution in [0.2, 0.25) is 0 Å². The van der Waals surface area contributed by atoms with Crippen LogP contribution in [-0.4, -0.2) is 12.2 Å². The Morgan fingerprint density at radius 2 is 1.76 bits per heavy atom. The fourth-order valence-corrected chi connectivity index (χ4v) is 1.39. The number of nitrogens with zero attached hydrogens (tertiary/aromatic N) is 1. The quantitative estimate of drug-likeness (QED) is 0.359. The van der Waals surface area contributed by atoms with E-state index in [-0.39, 0.29) is 0 Å². The number of aromatic nitrogens is 2. The van der Waals surface area contributed by atoms with E-state index in [1.165, 1.54) is 31.5 Å². The average molecular weight is 254 g/mol. The Balaban J connectivity index is 0.000000437. The number of halogens is 4. The first-order valence-corrected chi connectivity index (χ1v) is 5.75. The molecular formula is C10H19BF4N2. The van der Waals surface area contributed by atoms with Crippen molar-refractivity contribution in [2.45, 2.75) is 46.1 Å². The van der Waals surface area contributed by atoms with Crippen LogP contribution >= 0.6 is 0 Å². The Morgan fingerprint density at radius 3 is 2.18 bits per heavy atom. The molecule has 0 radical (unpaired) electrons. The van der Waals surface area contributed by atoms with Gasteiger partial charge in [-0.05, 0) is 12.8 Å². The molecule has 1 rings (SSSR count). The van der Waals surface area contributed by atoms with Gasteiger partial charge in [0.15, 0.2) is 0 Å². The van der Waals surface area contributed by atoms with Gasteiger partial charge in [-0.3, -0.25) is 0 Å². The van der Waals surface area contributed by atoms with Gasteiger partial charge in [0.25, 0.3) is 5.82 Å². The van der Waals surface area contributed by atoms with E-state index in [1.54, 1.807) is 0 Å². The van der Waals surface area contributed by atoms with Crippen LogP contribution in [0.1, 0.15) is 38.4 Å². The Labute approximate surface area is 99.1 Å². The van der Waals surface area contributed by atoms with Gasteiger partial charge >= 0.3 is 7.25 Å². The molecule has 0 aromatic carbocycles. The molecule has 0 aliphatic rings. The normalized spacial score (nSPS) is 10.9. The zero-order valence-corrected chi connectivity index (χ0v) is 10.2. The highest BCUT2D eigenvalue weighted by Crippen LogP contribution is 2.06. The van der Waals surface area contributed by atoms with Gasteiger partial charge in [-0.25, -0.2) is 9.55 Å². The predicted octanol–water partition coefficient (Wildman–Crippen LogP) is 3.49. The molecule has 0 bridgehead atoms. The van der Waals surface area contributed by atoms with Gasteiger partial charge in [-0.1, -0.05) is 19.8 Å². The molecule has 0 atom stereocenters. The Bertz CT molecular complexity index is 293. The van der Waals surface area contributed by atoms with Crippen molar-refractivity contribution in [2.75, 3.05) is 0 Å². The van der Waals surface area contributed by atoms with Gasteiger partial charge in [0.05, 0.1) is 6.54 Å². The van der Waals surface area contributed by atoms with E-state index in [4.69, 9.17) is 0 Å². The third-order valence-corrected chi connectivity index (χ3v) is 2.23. The van der Waals surface area contributed by atoms with Crippen LogP contribution in [0.5, 0.6) is 0 Å². The fraction of sp³-hybridized carbons (Fsp3) is 0.700. The van der Waals surface area contributed by atoms with Gasteiger partial charge in [0, 0.05) is 6.92 Å². The number of rotatable bonds is 5. The smallest absolute Gasteiger partial charge is 0.418 e. The second kappa shape index (κ2) is 8.14. The SMILES string of the molecule is CCCCCC[n+]1cc[nH]c1C.F[B-](F)(F)F.